The molecule has 1 aromatic carbocycles. The average molecular weight is 231 g/mol. The number of rotatable bonds is 6. The third kappa shape index (κ3) is 4.69. The van der Waals surface area contributed by atoms with Crippen LogP contribution in [-0.4, -0.2) is 5.11 Å². The number of hydrogen-bond acceptors (Lipinski definition) is 2. The van der Waals surface area contributed by atoms with Crippen molar-refractivity contribution >= 4 is 0 Å². The molecule has 1 rings (SSSR count). The summed E-state index contributed by atoms with van der Waals surface area (Å²) in [5.74, 6) is 0.251. The molecule has 0 fully saturated rings. The molecule has 0 aliphatic rings. The molecule has 1 atom stereocenters. The maximum Gasteiger partial charge on any atom is 0.387 e. The summed E-state index contributed by atoms with van der Waals surface area (Å²) in [6, 6.07) is 10.2. The van der Waals surface area contributed by atoms with Gasteiger partial charge >= 0.3 is 6.20 Å². The van der Waals surface area contributed by atoms with Crippen molar-refractivity contribution < 1.29 is 5.11 Å². The minimum Gasteiger partial charge on any atom is -0.505 e. The zero-order valence-corrected chi connectivity index (χ0v) is 10.2. The van der Waals surface area contributed by atoms with E-state index in [-0.39, 0.29) is 11.7 Å². The fourth-order valence-electron chi connectivity index (χ4n) is 1.94. The van der Waals surface area contributed by atoms with Crippen molar-refractivity contribution in [3.05, 3.63) is 52.8 Å². The highest BCUT2D eigenvalue weighted by Gasteiger charge is 2.16. The second-order valence-corrected chi connectivity index (χ2v) is 4.18. The summed E-state index contributed by atoms with van der Waals surface area (Å²) >= 11 is 0. The Morgan fingerprint density at radius 2 is 2.06 bits per heavy atom. The Labute approximate surface area is 102 Å². The Kier molecular flexibility index (Phi) is 5.81. The predicted molar refractivity (Wildman–Crippen MR) is 69.0 cm³/mol. The monoisotopic (exact) mass is 231 g/mol. The number of diazo groups is 1. The van der Waals surface area contributed by atoms with Crippen LogP contribution in [0.15, 0.2) is 42.3 Å². The van der Waals surface area contributed by atoms with Gasteiger partial charge in [-0.3, -0.25) is 0 Å². The van der Waals surface area contributed by atoms with Gasteiger partial charge in [-0.25, -0.2) is 0 Å². The zero-order chi connectivity index (χ0) is 12.5. The van der Waals surface area contributed by atoms with Crippen LogP contribution in [0.4, 0.5) is 0 Å². The molecule has 3 heteroatoms. The third-order valence-corrected chi connectivity index (χ3v) is 2.87. The predicted octanol–water partition coefficient (Wildman–Crippen LogP) is 4.29. The maximum atomic E-state index is 9.73. The normalized spacial score (nSPS) is 13.1. The molecule has 17 heavy (non-hydrogen) atoms. The van der Waals surface area contributed by atoms with Crippen LogP contribution in [-0.2, 0) is 6.42 Å². The molecule has 1 aromatic rings. The quantitative estimate of drug-likeness (QED) is 0.586. The summed E-state index contributed by atoms with van der Waals surface area (Å²) in [6.07, 6.45) is 4.84. The van der Waals surface area contributed by atoms with E-state index in [1.807, 2.05) is 18.2 Å². The van der Waals surface area contributed by atoms with Crippen LogP contribution in [0.5, 0.6) is 0 Å². The molecule has 1 N–H and O–H groups in total. The van der Waals surface area contributed by atoms with Crippen LogP contribution >= 0.6 is 0 Å². The molecule has 3 nitrogen and oxygen atoms in total. The lowest BCUT2D eigenvalue weighted by Crippen LogP contribution is -2.05. The molecule has 0 bridgehead atoms. The first-order valence-electron chi connectivity index (χ1n) is 6.05. The van der Waals surface area contributed by atoms with E-state index in [0.717, 1.165) is 31.9 Å². The van der Waals surface area contributed by atoms with Crippen molar-refractivity contribution in [3.63, 3.8) is 0 Å². The number of aliphatic hydroxyl groups is 1. The van der Waals surface area contributed by atoms with Gasteiger partial charge in [0.1, 0.15) is 0 Å². The largest absolute Gasteiger partial charge is 0.505 e. The van der Waals surface area contributed by atoms with Crippen molar-refractivity contribution in [3.8, 4) is 0 Å². The molecule has 1 unspecified atom stereocenters. The molecule has 0 aromatic heterocycles. The summed E-state index contributed by atoms with van der Waals surface area (Å²) in [5, 5.41) is 18.2. The Morgan fingerprint density at radius 1 is 1.35 bits per heavy atom. The van der Waals surface area contributed by atoms with Crippen molar-refractivity contribution in [2.75, 3.05) is 0 Å². The lowest BCUT2D eigenvalue weighted by Gasteiger charge is -2.12. The first-order valence-corrected chi connectivity index (χ1v) is 6.05. The highest BCUT2D eigenvalue weighted by atomic mass is 16.3. The molecule has 0 spiro atoms. The minimum absolute atomic E-state index is 0.0797. The third-order valence-electron chi connectivity index (χ3n) is 2.87. The number of aryl methyl sites for hydroxylation is 1. The number of benzene rings is 1. The highest BCUT2D eigenvalue weighted by Crippen LogP contribution is 2.21. The van der Waals surface area contributed by atoms with Gasteiger partial charge in [-0.15, -0.1) is 0 Å². The Hall–Kier alpha value is -1.82. The highest BCUT2D eigenvalue weighted by molar-refractivity contribution is 5.15. The fourth-order valence-corrected chi connectivity index (χ4v) is 1.94. The van der Waals surface area contributed by atoms with Crippen LogP contribution in [0.3, 0.4) is 0 Å². The molecule has 0 aliphatic carbocycles. The van der Waals surface area contributed by atoms with Gasteiger partial charge < -0.3 is 5.11 Å². The van der Waals surface area contributed by atoms with Crippen LogP contribution in [0.1, 0.15) is 31.7 Å². The van der Waals surface area contributed by atoms with Gasteiger partial charge in [0.15, 0.2) is 10.7 Å². The van der Waals surface area contributed by atoms with E-state index in [2.05, 4.69) is 24.0 Å². The molecular weight excluding hydrogens is 212 g/mol. The number of nitrogens with zero attached hydrogens (tertiary/aromatic N) is 2. The molecular formula is C14H19N2O+. The van der Waals surface area contributed by atoms with Crippen molar-refractivity contribution in [2.45, 2.75) is 32.6 Å². The van der Waals surface area contributed by atoms with Crippen LogP contribution in [0.25, 0.3) is 4.98 Å². The van der Waals surface area contributed by atoms with Crippen LogP contribution < -0.4 is 0 Å². The van der Waals surface area contributed by atoms with E-state index in [1.165, 1.54) is 5.56 Å². The molecule has 0 saturated heterocycles. The summed E-state index contributed by atoms with van der Waals surface area (Å²) in [4.78, 5) is 2.88. The van der Waals surface area contributed by atoms with Crippen molar-refractivity contribution in [1.29, 1.82) is 5.39 Å². The van der Waals surface area contributed by atoms with E-state index in [0.29, 0.717) is 0 Å². The molecule has 0 saturated carbocycles. The number of hydrogen-bond donors (Lipinski definition) is 1. The number of allylic oxidation sites excluding steroid dienone is 1. The van der Waals surface area contributed by atoms with Gasteiger partial charge in [0, 0.05) is 5.92 Å². The zero-order valence-electron chi connectivity index (χ0n) is 10.2. The molecule has 0 amide bonds. The second kappa shape index (κ2) is 7.45. The Balaban J connectivity index is 2.56. The Bertz CT molecular complexity index is 392. The van der Waals surface area contributed by atoms with Crippen LogP contribution in [0.2, 0.25) is 0 Å². The maximum absolute atomic E-state index is 9.73. The van der Waals surface area contributed by atoms with Gasteiger partial charge in [0.05, 0.1) is 0 Å². The van der Waals surface area contributed by atoms with Crippen LogP contribution in [0, 0.1) is 11.3 Å². The summed E-state index contributed by atoms with van der Waals surface area (Å²) in [5.41, 5.74) is 1.27. The molecule has 0 aliphatic heterocycles. The second-order valence-electron chi connectivity index (χ2n) is 4.18. The molecule has 90 valence electrons. The van der Waals surface area contributed by atoms with E-state index in [1.54, 1.807) is 0 Å². The van der Waals surface area contributed by atoms with E-state index in [4.69, 9.17) is 5.39 Å². The molecule has 0 radical (unpaired) electrons. The summed E-state index contributed by atoms with van der Waals surface area (Å²) in [7, 11) is 0. The van der Waals surface area contributed by atoms with Gasteiger partial charge in [0.2, 0.25) is 5.39 Å². The van der Waals surface area contributed by atoms with Gasteiger partial charge in [-0.1, -0.05) is 43.7 Å². The molecule has 0 heterocycles. The SMILES string of the molecule is CCCC(CCc1ccccc1)/C(O)=C/[N+]#N. The fraction of sp³-hybridized carbons (Fsp3) is 0.429. The lowest BCUT2D eigenvalue weighted by molar-refractivity contribution is 0.306. The number of aliphatic hydroxyl groups excluding tert-OH is 1. The van der Waals surface area contributed by atoms with Gasteiger partial charge in [-0.2, -0.15) is 0 Å². The Morgan fingerprint density at radius 3 is 2.65 bits per heavy atom. The first-order chi connectivity index (χ1) is 8.27. The first kappa shape index (κ1) is 13.2. The summed E-state index contributed by atoms with van der Waals surface area (Å²) in [6.45, 7) is 2.08. The minimum atomic E-state index is 0.0797. The van der Waals surface area contributed by atoms with Crippen molar-refractivity contribution in [1.82, 2.24) is 0 Å². The van der Waals surface area contributed by atoms with Gasteiger partial charge in [-0.05, 0) is 24.8 Å². The smallest absolute Gasteiger partial charge is 0.387 e. The van der Waals surface area contributed by atoms with Gasteiger partial charge in [0.25, 0.3) is 0 Å². The average Bonchev–Trinajstić information content (AvgIpc) is 2.36. The van der Waals surface area contributed by atoms with E-state index < -0.39 is 0 Å². The topological polar surface area (TPSA) is 48.4 Å². The van der Waals surface area contributed by atoms with E-state index in [9.17, 15) is 5.11 Å². The van der Waals surface area contributed by atoms with E-state index >= 15 is 0 Å². The van der Waals surface area contributed by atoms with Crippen molar-refractivity contribution in [2.24, 2.45) is 5.92 Å². The summed E-state index contributed by atoms with van der Waals surface area (Å²) < 4.78 is 0. The lowest BCUT2D eigenvalue weighted by atomic mass is 9.94. The standard InChI is InChI=1S/C14H18N2O/c1-2-6-13(14(17)11-16-15)10-9-12-7-4-3-5-8-12/h3-5,7-8,11,13H,2,6,9-10H2,1H3/p+1/b14-11-.